The van der Waals surface area contributed by atoms with E-state index in [1.54, 1.807) is 0 Å². The first-order chi connectivity index (χ1) is 6.66. The maximum atomic E-state index is 3.57. The van der Waals surface area contributed by atoms with E-state index < -0.39 is 0 Å². The fraction of sp³-hybridized carbons (Fsp3) is 0.538. The molecule has 1 heteroatoms. The fourth-order valence-electron chi connectivity index (χ4n) is 2.15. The third kappa shape index (κ3) is 1.83. The van der Waals surface area contributed by atoms with Crippen LogP contribution in [0.5, 0.6) is 0 Å². The third-order valence-electron chi connectivity index (χ3n) is 3.28. The van der Waals surface area contributed by atoms with Crippen LogP contribution in [0.4, 0.5) is 0 Å². The number of benzene rings is 1. The van der Waals surface area contributed by atoms with E-state index in [0.717, 1.165) is 12.5 Å². The average molecular weight is 189 g/mol. The molecule has 0 amide bonds. The SMILES string of the molecule is Cc1ccc([C@@H]2C[C@H](C)CN2)cc1C. The zero-order valence-electron chi connectivity index (χ0n) is 9.30. The van der Waals surface area contributed by atoms with Crippen LogP contribution in [0.25, 0.3) is 0 Å². The Balaban J connectivity index is 2.20. The summed E-state index contributed by atoms with van der Waals surface area (Å²) in [5, 5.41) is 3.57. The van der Waals surface area contributed by atoms with Crippen LogP contribution in [0, 0.1) is 19.8 Å². The van der Waals surface area contributed by atoms with Gasteiger partial charge in [-0.2, -0.15) is 0 Å². The molecule has 1 aromatic carbocycles. The van der Waals surface area contributed by atoms with Gasteiger partial charge in [-0.05, 0) is 49.4 Å². The minimum absolute atomic E-state index is 0.587. The van der Waals surface area contributed by atoms with Crippen molar-refractivity contribution in [2.75, 3.05) is 6.54 Å². The normalized spacial score (nSPS) is 26.8. The molecular weight excluding hydrogens is 170 g/mol. The van der Waals surface area contributed by atoms with Crippen molar-refractivity contribution in [3.63, 3.8) is 0 Å². The van der Waals surface area contributed by atoms with Gasteiger partial charge in [0, 0.05) is 6.04 Å². The third-order valence-corrected chi connectivity index (χ3v) is 3.28. The van der Waals surface area contributed by atoms with Gasteiger partial charge in [0.25, 0.3) is 0 Å². The van der Waals surface area contributed by atoms with Gasteiger partial charge >= 0.3 is 0 Å². The second-order valence-electron chi connectivity index (χ2n) is 4.65. The molecule has 14 heavy (non-hydrogen) atoms. The molecule has 1 aliphatic heterocycles. The van der Waals surface area contributed by atoms with Crippen molar-refractivity contribution in [2.45, 2.75) is 33.2 Å². The maximum absolute atomic E-state index is 3.57. The molecule has 1 aromatic rings. The highest BCUT2D eigenvalue weighted by Crippen LogP contribution is 2.27. The zero-order chi connectivity index (χ0) is 10.1. The Labute approximate surface area is 86.5 Å². The predicted molar refractivity (Wildman–Crippen MR) is 60.4 cm³/mol. The lowest BCUT2D eigenvalue weighted by Gasteiger charge is -2.12. The summed E-state index contributed by atoms with van der Waals surface area (Å²) in [4.78, 5) is 0. The Kier molecular flexibility index (Phi) is 2.60. The highest BCUT2D eigenvalue weighted by molar-refractivity contribution is 5.32. The Bertz CT molecular complexity index is 330. The summed E-state index contributed by atoms with van der Waals surface area (Å²) in [6, 6.07) is 7.41. The molecule has 0 spiro atoms. The van der Waals surface area contributed by atoms with Crippen LogP contribution in [-0.4, -0.2) is 6.54 Å². The van der Waals surface area contributed by atoms with Crippen molar-refractivity contribution < 1.29 is 0 Å². The molecule has 0 radical (unpaired) electrons. The van der Waals surface area contributed by atoms with Gasteiger partial charge in [0.15, 0.2) is 0 Å². The maximum Gasteiger partial charge on any atom is 0.0323 e. The summed E-state index contributed by atoms with van der Waals surface area (Å²) < 4.78 is 0. The van der Waals surface area contributed by atoms with Crippen molar-refractivity contribution in [1.82, 2.24) is 5.32 Å². The molecule has 0 bridgehead atoms. The Morgan fingerprint density at radius 1 is 1.21 bits per heavy atom. The van der Waals surface area contributed by atoms with E-state index >= 15 is 0 Å². The van der Waals surface area contributed by atoms with E-state index in [1.807, 2.05) is 0 Å². The molecule has 1 aliphatic rings. The van der Waals surface area contributed by atoms with Gasteiger partial charge < -0.3 is 5.32 Å². The molecule has 0 aromatic heterocycles. The molecule has 1 fully saturated rings. The Morgan fingerprint density at radius 2 is 2.00 bits per heavy atom. The van der Waals surface area contributed by atoms with E-state index in [4.69, 9.17) is 0 Å². The highest BCUT2D eigenvalue weighted by Gasteiger charge is 2.21. The smallest absolute Gasteiger partial charge is 0.0323 e. The fourth-order valence-corrected chi connectivity index (χ4v) is 2.15. The first-order valence-electron chi connectivity index (χ1n) is 5.47. The van der Waals surface area contributed by atoms with Gasteiger partial charge in [0.1, 0.15) is 0 Å². The summed E-state index contributed by atoms with van der Waals surface area (Å²) in [6.45, 7) is 7.84. The van der Waals surface area contributed by atoms with Crippen LogP contribution in [-0.2, 0) is 0 Å². The van der Waals surface area contributed by atoms with E-state index in [2.05, 4.69) is 44.3 Å². The summed E-state index contributed by atoms with van der Waals surface area (Å²) >= 11 is 0. The van der Waals surface area contributed by atoms with Crippen molar-refractivity contribution in [3.05, 3.63) is 34.9 Å². The molecule has 0 unspecified atom stereocenters. The van der Waals surface area contributed by atoms with Gasteiger partial charge in [-0.25, -0.2) is 0 Å². The van der Waals surface area contributed by atoms with Gasteiger partial charge in [-0.3, -0.25) is 0 Å². The number of aryl methyl sites for hydroxylation is 2. The molecule has 2 atom stereocenters. The van der Waals surface area contributed by atoms with Crippen LogP contribution in [0.2, 0.25) is 0 Å². The minimum atomic E-state index is 0.587. The van der Waals surface area contributed by atoms with Crippen LogP contribution >= 0.6 is 0 Å². The minimum Gasteiger partial charge on any atom is -0.310 e. The standard InChI is InChI=1S/C13H19N/c1-9-6-13(14-8-9)12-5-4-10(2)11(3)7-12/h4-5,7,9,13-14H,6,8H2,1-3H3/t9-,13-/m0/s1. The van der Waals surface area contributed by atoms with Gasteiger partial charge in [-0.15, -0.1) is 0 Å². The number of hydrogen-bond acceptors (Lipinski definition) is 1. The molecule has 0 aliphatic carbocycles. The molecule has 1 N–H and O–H groups in total. The topological polar surface area (TPSA) is 12.0 Å². The first-order valence-corrected chi connectivity index (χ1v) is 5.47. The van der Waals surface area contributed by atoms with Crippen LogP contribution in [0.15, 0.2) is 18.2 Å². The summed E-state index contributed by atoms with van der Waals surface area (Å²) in [6.07, 6.45) is 1.28. The van der Waals surface area contributed by atoms with Crippen molar-refractivity contribution >= 4 is 0 Å². The average Bonchev–Trinajstić information content (AvgIpc) is 2.57. The lowest BCUT2D eigenvalue weighted by Crippen LogP contribution is -2.13. The zero-order valence-corrected chi connectivity index (χ0v) is 9.30. The molecule has 2 rings (SSSR count). The summed E-state index contributed by atoms with van der Waals surface area (Å²) in [5.41, 5.74) is 4.25. The van der Waals surface area contributed by atoms with Crippen molar-refractivity contribution in [1.29, 1.82) is 0 Å². The number of rotatable bonds is 1. The second kappa shape index (κ2) is 3.74. The van der Waals surface area contributed by atoms with E-state index in [0.29, 0.717) is 6.04 Å². The largest absolute Gasteiger partial charge is 0.310 e. The lowest BCUT2D eigenvalue weighted by molar-refractivity contribution is 0.611. The summed E-state index contributed by atoms with van der Waals surface area (Å²) in [5.74, 6) is 0.821. The molecule has 1 heterocycles. The van der Waals surface area contributed by atoms with Crippen LogP contribution in [0.3, 0.4) is 0 Å². The van der Waals surface area contributed by atoms with Gasteiger partial charge in [0.05, 0.1) is 0 Å². The molecule has 76 valence electrons. The van der Waals surface area contributed by atoms with E-state index in [1.165, 1.54) is 23.1 Å². The quantitative estimate of drug-likeness (QED) is 0.716. The number of nitrogens with one attached hydrogen (secondary N) is 1. The molecule has 1 nitrogen and oxygen atoms in total. The van der Waals surface area contributed by atoms with Gasteiger partial charge in [-0.1, -0.05) is 25.1 Å². The molecular formula is C13H19N. The first kappa shape index (κ1) is 9.72. The Hall–Kier alpha value is -0.820. The van der Waals surface area contributed by atoms with Crippen LogP contribution in [0.1, 0.15) is 36.1 Å². The van der Waals surface area contributed by atoms with E-state index in [-0.39, 0.29) is 0 Å². The second-order valence-corrected chi connectivity index (χ2v) is 4.65. The van der Waals surface area contributed by atoms with Gasteiger partial charge in [0.2, 0.25) is 0 Å². The summed E-state index contributed by atoms with van der Waals surface area (Å²) in [7, 11) is 0. The lowest BCUT2D eigenvalue weighted by atomic mass is 9.98. The number of hydrogen-bond donors (Lipinski definition) is 1. The Morgan fingerprint density at radius 3 is 2.57 bits per heavy atom. The van der Waals surface area contributed by atoms with Crippen molar-refractivity contribution in [3.8, 4) is 0 Å². The highest BCUT2D eigenvalue weighted by atomic mass is 14.9. The van der Waals surface area contributed by atoms with E-state index in [9.17, 15) is 0 Å². The predicted octanol–water partition coefficient (Wildman–Crippen LogP) is 2.97. The molecule has 1 saturated heterocycles. The molecule has 0 saturated carbocycles. The van der Waals surface area contributed by atoms with Crippen molar-refractivity contribution in [2.24, 2.45) is 5.92 Å². The van der Waals surface area contributed by atoms with Crippen LogP contribution < -0.4 is 5.32 Å². The monoisotopic (exact) mass is 189 g/mol.